The van der Waals surface area contributed by atoms with E-state index >= 15 is 0 Å². The maximum Gasteiger partial charge on any atom is 0.262 e. The van der Waals surface area contributed by atoms with E-state index < -0.39 is 0 Å². The van der Waals surface area contributed by atoms with Crippen LogP contribution in [0.15, 0.2) is 40.9 Å². The molecule has 0 aliphatic rings. The number of hydrogen-bond acceptors (Lipinski definition) is 3. The summed E-state index contributed by atoms with van der Waals surface area (Å²) in [7, 11) is 0. The lowest BCUT2D eigenvalue weighted by atomic mass is 10.1. The number of benzene rings is 2. The lowest BCUT2D eigenvalue weighted by Gasteiger charge is -2.11. The maximum atomic E-state index is 11.9. The molecule has 0 aliphatic carbocycles. The molecule has 2 rings (SSSR count). The zero-order valence-corrected chi connectivity index (χ0v) is 13.5. The van der Waals surface area contributed by atoms with Crippen LogP contribution in [0.3, 0.4) is 0 Å². The van der Waals surface area contributed by atoms with Gasteiger partial charge < -0.3 is 15.8 Å². The number of nitrogens with one attached hydrogen (secondary N) is 1. The molecule has 0 aromatic heterocycles. The summed E-state index contributed by atoms with van der Waals surface area (Å²) in [5.41, 5.74) is 9.16. The molecule has 21 heavy (non-hydrogen) atoms. The molecule has 0 saturated heterocycles. The van der Waals surface area contributed by atoms with Gasteiger partial charge in [0.1, 0.15) is 5.75 Å². The number of anilines is 2. The van der Waals surface area contributed by atoms with Crippen molar-refractivity contribution in [1.29, 1.82) is 0 Å². The van der Waals surface area contributed by atoms with Crippen molar-refractivity contribution in [2.24, 2.45) is 0 Å². The van der Waals surface area contributed by atoms with Crippen molar-refractivity contribution in [2.45, 2.75) is 13.8 Å². The first kappa shape index (κ1) is 15.4. The van der Waals surface area contributed by atoms with Gasteiger partial charge in [0.2, 0.25) is 0 Å². The molecule has 3 N–H and O–H groups in total. The van der Waals surface area contributed by atoms with Crippen molar-refractivity contribution in [3.05, 3.63) is 52.0 Å². The second kappa shape index (κ2) is 6.63. The normalized spacial score (nSPS) is 10.2. The third-order valence-corrected chi connectivity index (χ3v) is 4.25. The zero-order chi connectivity index (χ0) is 15.4. The number of rotatable bonds is 4. The van der Waals surface area contributed by atoms with Crippen LogP contribution in [-0.2, 0) is 4.79 Å². The quantitative estimate of drug-likeness (QED) is 0.828. The van der Waals surface area contributed by atoms with Crippen molar-refractivity contribution in [2.75, 3.05) is 17.7 Å². The highest BCUT2D eigenvalue weighted by Gasteiger charge is 2.08. The second-order valence-electron chi connectivity index (χ2n) is 4.80. The minimum absolute atomic E-state index is 0.0810. The highest BCUT2D eigenvalue weighted by atomic mass is 79.9. The van der Waals surface area contributed by atoms with E-state index in [0.29, 0.717) is 11.4 Å². The number of ether oxygens (including phenoxy) is 1. The number of nitrogens with two attached hydrogens (primary N) is 1. The standard InChI is InChI=1S/C16H17BrN2O2/c1-10-7-12(8-11(2)16(10)17)19-15(20)9-21-14-6-4-3-5-13(14)18/h3-8H,9,18H2,1-2H3,(H,19,20). The van der Waals surface area contributed by atoms with E-state index in [1.165, 1.54) is 0 Å². The van der Waals surface area contributed by atoms with Crippen LogP contribution in [0.1, 0.15) is 11.1 Å². The minimum Gasteiger partial charge on any atom is -0.482 e. The lowest BCUT2D eigenvalue weighted by molar-refractivity contribution is -0.118. The summed E-state index contributed by atoms with van der Waals surface area (Å²) in [4.78, 5) is 11.9. The van der Waals surface area contributed by atoms with E-state index in [0.717, 1.165) is 21.3 Å². The summed E-state index contributed by atoms with van der Waals surface area (Å²) in [6.07, 6.45) is 0. The van der Waals surface area contributed by atoms with Crippen LogP contribution in [0.2, 0.25) is 0 Å². The fourth-order valence-corrected chi connectivity index (χ4v) is 2.20. The Labute approximate surface area is 132 Å². The number of aryl methyl sites for hydroxylation is 2. The molecule has 1 amide bonds. The van der Waals surface area contributed by atoms with Gasteiger partial charge in [0.15, 0.2) is 6.61 Å². The minimum atomic E-state index is -0.223. The summed E-state index contributed by atoms with van der Waals surface area (Å²) in [5, 5.41) is 2.81. The second-order valence-corrected chi connectivity index (χ2v) is 5.59. The van der Waals surface area contributed by atoms with Gasteiger partial charge in [0.05, 0.1) is 5.69 Å². The maximum absolute atomic E-state index is 11.9. The van der Waals surface area contributed by atoms with Crippen LogP contribution in [0.25, 0.3) is 0 Å². The Kier molecular flexibility index (Phi) is 4.85. The number of halogens is 1. The molecule has 0 bridgehead atoms. The van der Waals surface area contributed by atoms with Gasteiger partial charge in [-0.2, -0.15) is 0 Å². The molecule has 0 saturated carbocycles. The first-order chi connectivity index (χ1) is 9.97. The van der Waals surface area contributed by atoms with Crippen molar-refractivity contribution in [3.8, 4) is 5.75 Å². The fourth-order valence-electron chi connectivity index (χ4n) is 1.97. The van der Waals surface area contributed by atoms with Crippen molar-refractivity contribution in [1.82, 2.24) is 0 Å². The molecular formula is C16H17BrN2O2. The van der Waals surface area contributed by atoms with Gasteiger partial charge in [0, 0.05) is 10.2 Å². The summed E-state index contributed by atoms with van der Waals surface area (Å²) in [5.74, 6) is 0.287. The highest BCUT2D eigenvalue weighted by molar-refractivity contribution is 9.10. The van der Waals surface area contributed by atoms with Gasteiger partial charge in [-0.05, 0) is 49.2 Å². The molecule has 110 valence electrons. The van der Waals surface area contributed by atoms with Crippen LogP contribution in [-0.4, -0.2) is 12.5 Å². The predicted molar refractivity (Wildman–Crippen MR) is 88.6 cm³/mol. The first-order valence-corrected chi connectivity index (χ1v) is 7.30. The Morgan fingerprint density at radius 2 is 1.86 bits per heavy atom. The largest absolute Gasteiger partial charge is 0.482 e. The Morgan fingerprint density at radius 3 is 2.48 bits per heavy atom. The number of amides is 1. The van der Waals surface area contributed by atoms with Gasteiger partial charge in [-0.1, -0.05) is 28.1 Å². The lowest BCUT2D eigenvalue weighted by Crippen LogP contribution is -2.20. The third kappa shape index (κ3) is 3.98. The molecule has 0 unspecified atom stereocenters. The average molecular weight is 349 g/mol. The van der Waals surface area contributed by atoms with E-state index in [1.54, 1.807) is 12.1 Å². The molecule has 4 nitrogen and oxygen atoms in total. The molecule has 2 aromatic carbocycles. The SMILES string of the molecule is Cc1cc(NC(=O)COc2ccccc2N)cc(C)c1Br. The molecule has 0 spiro atoms. The van der Waals surface area contributed by atoms with Crippen molar-refractivity contribution < 1.29 is 9.53 Å². The topological polar surface area (TPSA) is 64.3 Å². The van der Waals surface area contributed by atoms with Crippen LogP contribution in [0.4, 0.5) is 11.4 Å². The predicted octanol–water partition coefficient (Wildman–Crippen LogP) is 3.67. The fraction of sp³-hybridized carbons (Fsp3) is 0.188. The molecular weight excluding hydrogens is 332 g/mol. The van der Waals surface area contributed by atoms with E-state index in [2.05, 4.69) is 21.2 Å². The van der Waals surface area contributed by atoms with Gasteiger partial charge in [-0.15, -0.1) is 0 Å². The number of para-hydroxylation sites is 2. The third-order valence-electron chi connectivity index (χ3n) is 3.00. The summed E-state index contributed by atoms with van der Waals surface area (Å²) < 4.78 is 6.46. The number of hydrogen-bond donors (Lipinski definition) is 2. The van der Waals surface area contributed by atoms with Gasteiger partial charge in [-0.25, -0.2) is 0 Å². The van der Waals surface area contributed by atoms with Crippen molar-refractivity contribution in [3.63, 3.8) is 0 Å². The molecule has 2 aromatic rings. The molecule has 0 radical (unpaired) electrons. The summed E-state index contributed by atoms with van der Waals surface area (Å²) in [6.45, 7) is 3.88. The molecule has 0 heterocycles. The van der Waals surface area contributed by atoms with Crippen LogP contribution >= 0.6 is 15.9 Å². The van der Waals surface area contributed by atoms with E-state index in [1.807, 2.05) is 38.1 Å². The number of carbonyl (C=O) groups is 1. The van der Waals surface area contributed by atoms with Crippen molar-refractivity contribution >= 4 is 33.2 Å². The molecule has 0 fully saturated rings. The zero-order valence-electron chi connectivity index (χ0n) is 11.9. The Bertz CT molecular complexity index is 648. The first-order valence-electron chi connectivity index (χ1n) is 6.51. The Balaban J connectivity index is 1.98. The molecule has 5 heteroatoms. The molecule has 0 aliphatic heterocycles. The van der Waals surface area contributed by atoms with Gasteiger partial charge in [-0.3, -0.25) is 4.79 Å². The highest BCUT2D eigenvalue weighted by Crippen LogP contribution is 2.25. The Hall–Kier alpha value is -2.01. The summed E-state index contributed by atoms with van der Waals surface area (Å²) in [6, 6.07) is 10.9. The summed E-state index contributed by atoms with van der Waals surface area (Å²) >= 11 is 3.50. The van der Waals surface area contributed by atoms with Gasteiger partial charge >= 0.3 is 0 Å². The van der Waals surface area contributed by atoms with Crippen LogP contribution < -0.4 is 15.8 Å². The van der Waals surface area contributed by atoms with Crippen LogP contribution in [0, 0.1) is 13.8 Å². The monoisotopic (exact) mass is 348 g/mol. The average Bonchev–Trinajstić information content (AvgIpc) is 2.44. The molecule has 0 atom stereocenters. The van der Waals surface area contributed by atoms with E-state index in [-0.39, 0.29) is 12.5 Å². The number of carbonyl (C=O) groups excluding carboxylic acids is 1. The smallest absolute Gasteiger partial charge is 0.262 e. The van der Waals surface area contributed by atoms with Crippen LogP contribution in [0.5, 0.6) is 5.75 Å². The van der Waals surface area contributed by atoms with E-state index in [9.17, 15) is 4.79 Å². The van der Waals surface area contributed by atoms with Gasteiger partial charge in [0.25, 0.3) is 5.91 Å². The van der Waals surface area contributed by atoms with E-state index in [4.69, 9.17) is 10.5 Å². The Morgan fingerprint density at radius 1 is 1.24 bits per heavy atom. The number of nitrogen functional groups attached to an aromatic ring is 1.